The van der Waals surface area contributed by atoms with E-state index in [2.05, 4.69) is 50.2 Å². The van der Waals surface area contributed by atoms with Crippen LogP contribution in [0.3, 0.4) is 0 Å². The van der Waals surface area contributed by atoms with Gasteiger partial charge in [-0.15, -0.1) is 5.10 Å². The molecule has 0 aliphatic rings. The Morgan fingerprint density at radius 1 is 0.878 bits per heavy atom. The fourth-order valence-corrected chi connectivity index (χ4v) is 4.96. The van der Waals surface area contributed by atoms with Gasteiger partial charge < -0.3 is 44.2 Å². The molecular formula is C36H55N5O8. The number of nitrogens with zero attached hydrogens (tertiary/aromatic N) is 3. The van der Waals surface area contributed by atoms with E-state index in [0.29, 0.717) is 86.3 Å². The molecule has 0 fully saturated rings. The van der Waals surface area contributed by atoms with Gasteiger partial charge >= 0.3 is 0 Å². The molecule has 0 bridgehead atoms. The van der Waals surface area contributed by atoms with Crippen LogP contribution in [0, 0.1) is 6.92 Å². The minimum Gasteiger partial charge on any atom is -0.494 e. The molecule has 2 aromatic carbocycles. The maximum Gasteiger partial charge on any atom is 0.278 e. The molecule has 1 heterocycles. The molecule has 3 aromatic rings. The lowest BCUT2D eigenvalue weighted by Gasteiger charge is -2.24. The highest BCUT2D eigenvalue weighted by Gasteiger charge is 2.24. The molecule has 0 saturated heterocycles. The molecule has 1 amide bonds. The topological polar surface area (TPSA) is 150 Å². The Bertz CT molecular complexity index is 1460. The standard InChI is InChI=1S/C36H55N5O8/c1-9-11-27(10-2)49-30-13-12-26(36(4,5)6)22-28(30)38-35(42)34-25(3)41(40-39-34)29-23-32(44-8)33(24-31(29)43-7)48-21-20-47-19-18-46-17-16-45-15-14-37/h12-13,22-24,27H,9-11,14-21,37H2,1-8H3,(H,38,42)/t27-/m0/s1. The molecule has 0 saturated carbocycles. The molecule has 0 aliphatic heterocycles. The number of hydrogen-bond donors (Lipinski definition) is 2. The predicted molar refractivity (Wildman–Crippen MR) is 189 cm³/mol. The second kappa shape index (κ2) is 19.9. The van der Waals surface area contributed by atoms with E-state index in [1.54, 1.807) is 38.0 Å². The van der Waals surface area contributed by atoms with Crippen LogP contribution in [0.4, 0.5) is 5.69 Å². The number of rotatable bonds is 22. The van der Waals surface area contributed by atoms with Crippen LogP contribution in [0.1, 0.15) is 75.6 Å². The first-order valence-corrected chi connectivity index (χ1v) is 16.9. The van der Waals surface area contributed by atoms with Gasteiger partial charge in [0.1, 0.15) is 23.8 Å². The maximum atomic E-state index is 13.7. The largest absolute Gasteiger partial charge is 0.494 e. The number of carbonyl (C=O) groups is 1. The minimum atomic E-state index is -0.403. The van der Waals surface area contributed by atoms with Crippen LogP contribution >= 0.6 is 0 Å². The number of benzene rings is 2. The highest BCUT2D eigenvalue weighted by atomic mass is 16.6. The number of nitrogens with one attached hydrogen (secondary N) is 1. The fraction of sp³-hybridized carbons (Fsp3) is 0.583. The molecule has 13 heteroatoms. The van der Waals surface area contributed by atoms with Crippen molar-refractivity contribution >= 4 is 11.6 Å². The van der Waals surface area contributed by atoms with Gasteiger partial charge in [-0.3, -0.25) is 4.79 Å². The van der Waals surface area contributed by atoms with Gasteiger partial charge in [-0.05, 0) is 42.9 Å². The summed E-state index contributed by atoms with van der Waals surface area (Å²) >= 11 is 0. The summed E-state index contributed by atoms with van der Waals surface area (Å²) in [5.41, 5.74) is 8.13. The second-order valence-corrected chi connectivity index (χ2v) is 12.4. The van der Waals surface area contributed by atoms with Crippen LogP contribution in [0.5, 0.6) is 23.0 Å². The first-order valence-electron chi connectivity index (χ1n) is 16.9. The number of methoxy groups -OCH3 is 2. The zero-order valence-electron chi connectivity index (χ0n) is 30.4. The summed E-state index contributed by atoms with van der Waals surface area (Å²) in [5.74, 6) is 1.60. The van der Waals surface area contributed by atoms with Crippen LogP contribution < -0.4 is 30.0 Å². The number of anilines is 1. The molecular weight excluding hydrogens is 630 g/mol. The van der Waals surface area contributed by atoms with E-state index < -0.39 is 5.91 Å². The van der Waals surface area contributed by atoms with Crippen molar-refractivity contribution in [2.75, 3.05) is 72.3 Å². The zero-order valence-corrected chi connectivity index (χ0v) is 30.4. The van der Waals surface area contributed by atoms with E-state index in [0.717, 1.165) is 24.8 Å². The molecule has 3 N–H and O–H groups in total. The smallest absolute Gasteiger partial charge is 0.278 e. The van der Waals surface area contributed by atoms with E-state index in [4.69, 9.17) is 38.9 Å². The highest BCUT2D eigenvalue weighted by Crippen LogP contribution is 2.38. The van der Waals surface area contributed by atoms with Gasteiger partial charge in [0.05, 0.1) is 71.3 Å². The van der Waals surface area contributed by atoms with Crippen LogP contribution in [0.2, 0.25) is 0 Å². The third-order valence-electron chi connectivity index (χ3n) is 7.75. The van der Waals surface area contributed by atoms with E-state index in [1.807, 2.05) is 18.2 Å². The Hall–Kier alpha value is -3.91. The molecule has 49 heavy (non-hydrogen) atoms. The summed E-state index contributed by atoms with van der Waals surface area (Å²) in [5, 5.41) is 11.6. The molecule has 13 nitrogen and oxygen atoms in total. The summed E-state index contributed by atoms with van der Waals surface area (Å²) in [6, 6.07) is 9.39. The molecule has 1 atom stereocenters. The number of nitrogens with two attached hydrogens (primary N) is 1. The first kappa shape index (κ1) is 39.5. The Labute approximate surface area is 290 Å². The third-order valence-corrected chi connectivity index (χ3v) is 7.75. The quantitative estimate of drug-likeness (QED) is 0.129. The van der Waals surface area contributed by atoms with Crippen molar-refractivity contribution in [3.8, 4) is 28.7 Å². The summed E-state index contributed by atoms with van der Waals surface area (Å²) < 4.78 is 41.5. The molecule has 0 unspecified atom stereocenters. The first-order chi connectivity index (χ1) is 23.6. The van der Waals surface area contributed by atoms with Gasteiger partial charge in [-0.25, -0.2) is 4.68 Å². The van der Waals surface area contributed by atoms with Crippen molar-refractivity contribution in [1.82, 2.24) is 15.0 Å². The van der Waals surface area contributed by atoms with Gasteiger partial charge in [-0.2, -0.15) is 0 Å². The maximum absolute atomic E-state index is 13.7. The van der Waals surface area contributed by atoms with Crippen molar-refractivity contribution in [3.63, 3.8) is 0 Å². The van der Waals surface area contributed by atoms with Crippen molar-refractivity contribution < 1.29 is 38.0 Å². The lowest BCUT2D eigenvalue weighted by molar-refractivity contribution is 0.0104. The number of carbonyl (C=O) groups excluding carboxylic acids is 1. The Morgan fingerprint density at radius 3 is 2.12 bits per heavy atom. The van der Waals surface area contributed by atoms with Crippen LogP contribution in [-0.2, 0) is 19.6 Å². The van der Waals surface area contributed by atoms with Gasteiger partial charge in [0.25, 0.3) is 5.91 Å². The monoisotopic (exact) mass is 685 g/mol. The minimum absolute atomic E-state index is 0.0444. The van der Waals surface area contributed by atoms with E-state index in [-0.39, 0.29) is 23.8 Å². The zero-order chi connectivity index (χ0) is 35.8. The number of hydrogen-bond acceptors (Lipinski definition) is 11. The second-order valence-electron chi connectivity index (χ2n) is 12.4. The van der Waals surface area contributed by atoms with Crippen LogP contribution in [-0.4, -0.2) is 94.0 Å². The van der Waals surface area contributed by atoms with Gasteiger partial charge in [0.2, 0.25) is 0 Å². The van der Waals surface area contributed by atoms with E-state index in [9.17, 15) is 4.79 Å². The summed E-state index contributed by atoms with van der Waals surface area (Å²) in [4.78, 5) is 13.7. The molecule has 272 valence electrons. The van der Waals surface area contributed by atoms with Crippen LogP contribution in [0.15, 0.2) is 30.3 Å². The summed E-state index contributed by atoms with van der Waals surface area (Å²) in [6.07, 6.45) is 2.83. The van der Waals surface area contributed by atoms with Crippen molar-refractivity contribution in [2.45, 2.75) is 72.3 Å². The van der Waals surface area contributed by atoms with E-state index >= 15 is 0 Å². The molecule has 0 radical (unpaired) electrons. The average Bonchev–Trinajstić information content (AvgIpc) is 3.47. The van der Waals surface area contributed by atoms with Crippen LogP contribution in [0.25, 0.3) is 5.69 Å². The number of ether oxygens (including phenoxy) is 7. The number of aromatic nitrogens is 3. The lowest BCUT2D eigenvalue weighted by Crippen LogP contribution is -2.20. The number of amides is 1. The normalized spacial score (nSPS) is 12.1. The van der Waals surface area contributed by atoms with Crippen molar-refractivity contribution in [2.24, 2.45) is 5.73 Å². The third kappa shape index (κ3) is 11.6. The lowest BCUT2D eigenvalue weighted by atomic mass is 9.87. The molecule has 3 rings (SSSR count). The fourth-order valence-electron chi connectivity index (χ4n) is 4.96. The average molecular weight is 686 g/mol. The van der Waals surface area contributed by atoms with Crippen molar-refractivity contribution in [3.05, 3.63) is 47.3 Å². The van der Waals surface area contributed by atoms with Gasteiger partial charge in [-0.1, -0.05) is 52.3 Å². The van der Waals surface area contributed by atoms with Gasteiger partial charge in [0.15, 0.2) is 17.2 Å². The summed E-state index contributed by atoms with van der Waals surface area (Å²) in [7, 11) is 3.09. The molecule has 0 spiro atoms. The van der Waals surface area contributed by atoms with Gasteiger partial charge in [0, 0.05) is 18.7 Å². The Morgan fingerprint density at radius 2 is 1.53 bits per heavy atom. The molecule has 1 aromatic heterocycles. The highest BCUT2D eigenvalue weighted by molar-refractivity contribution is 6.04. The SMILES string of the molecule is CCC[C@H](CC)Oc1ccc(C(C)(C)C)cc1NC(=O)c1nnn(-c2cc(OC)c(OCCOCCOCCOCCN)cc2OC)c1C. The van der Waals surface area contributed by atoms with E-state index in [1.165, 1.54) is 0 Å². The summed E-state index contributed by atoms with van der Waals surface area (Å²) in [6.45, 7) is 15.9. The Kier molecular flexibility index (Phi) is 16.1. The molecule has 0 aliphatic carbocycles. The predicted octanol–water partition coefficient (Wildman–Crippen LogP) is 5.49. The van der Waals surface area contributed by atoms with Crippen molar-refractivity contribution in [1.29, 1.82) is 0 Å². The Balaban J connectivity index is 1.74.